The van der Waals surface area contributed by atoms with E-state index in [1.54, 1.807) is 0 Å². The highest BCUT2D eigenvalue weighted by Gasteiger charge is 1.99. The van der Waals surface area contributed by atoms with Crippen molar-refractivity contribution in [1.82, 2.24) is 9.78 Å². The maximum absolute atomic E-state index is 4.50. The van der Waals surface area contributed by atoms with Crippen LogP contribution in [0.25, 0.3) is 16.6 Å². The van der Waals surface area contributed by atoms with Gasteiger partial charge in [-0.25, -0.2) is 4.68 Å². The van der Waals surface area contributed by atoms with E-state index >= 15 is 0 Å². The molecule has 0 saturated heterocycles. The molecule has 0 spiro atoms. The summed E-state index contributed by atoms with van der Waals surface area (Å²) in [7, 11) is 0. The fourth-order valence-corrected chi connectivity index (χ4v) is 1.68. The van der Waals surface area contributed by atoms with E-state index in [1.807, 2.05) is 59.4 Å². The molecule has 2 heteroatoms. The van der Waals surface area contributed by atoms with Crippen molar-refractivity contribution >= 4 is 10.9 Å². The number of aromatic nitrogens is 2. The van der Waals surface area contributed by atoms with E-state index in [-0.39, 0.29) is 0 Å². The van der Waals surface area contributed by atoms with Gasteiger partial charge in [-0.1, -0.05) is 36.4 Å². The Morgan fingerprint density at radius 3 is 2.33 bits per heavy atom. The molecule has 2 aromatic carbocycles. The Bertz CT molecular complexity index is 549. The molecule has 0 aliphatic rings. The van der Waals surface area contributed by atoms with Gasteiger partial charge in [0, 0.05) is 11.6 Å². The van der Waals surface area contributed by atoms with Crippen molar-refractivity contribution in [2.45, 2.75) is 0 Å². The van der Waals surface area contributed by atoms with Crippen molar-refractivity contribution < 1.29 is 0 Å². The fourth-order valence-electron chi connectivity index (χ4n) is 1.68. The van der Waals surface area contributed by atoms with Crippen LogP contribution in [-0.2, 0) is 0 Å². The van der Waals surface area contributed by atoms with E-state index in [9.17, 15) is 0 Å². The second-order valence-corrected chi connectivity index (χ2v) is 3.47. The standard InChI is InChI=1S/C13H10N2/c1-2-7-12(8-3-1)15-10-11-6-4-5-9-13(11)14-15/h1-10H. The Morgan fingerprint density at radius 2 is 1.53 bits per heavy atom. The van der Waals surface area contributed by atoms with Crippen LogP contribution in [0.2, 0.25) is 0 Å². The Hall–Kier alpha value is -2.09. The summed E-state index contributed by atoms with van der Waals surface area (Å²) in [4.78, 5) is 0. The van der Waals surface area contributed by atoms with Gasteiger partial charge in [0.05, 0.1) is 11.2 Å². The van der Waals surface area contributed by atoms with Crippen LogP contribution in [0.15, 0.2) is 60.8 Å². The number of fused-ring (bicyclic) bond motifs is 1. The molecule has 0 aliphatic heterocycles. The molecule has 3 rings (SSSR count). The van der Waals surface area contributed by atoms with Gasteiger partial charge in [0.2, 0.25) is 0 Å². The van der Waals surface area contributed by atoms with Gasteiger partial charge in [0.25, 0.3) is 0 Å². The Morgan fingerprint density at radius 1 is 0.800 bits per heavy atom. The first-order chi connectivity index (χ1) is 7.43. The number of rotatable bonds is 1. The number of benzene rings is 2. The third kappa shape index (κ3) is 1.40. The molecule has 0 fully saturated rings. The molecule has 0 N–H and O–H groups in total. The Labute approximate surface area is 87.8 Å². The highest BCUT2D eigenvalue weighted by Crippen LogP contribution is 2.14. The lowest BCUT2D eigenvalue weighted by molar-refractivity contribution is 0.896. The van der Waals surface area contributed by atoms with Crippen molar-refractivity contribution in [3.8, 4) is 5.69 Å². The third-order valence-corrected chi connectivity index (χ3v) is 2.43. The van der Waals surface area contributed by atoms with Gasteiger partial charge < -0.3 is 0 Å². The first-order valence-electron chi connectivity index (χ1n) is 4.93. The lowest BCUT2D eigenvalue weighted by Crippen LogP contribution is -1.92. The van der Waals surface area contributed by atoms with Gasteiger partial charge in [-0.2, -0.15) is 5.10 Å². The molecule has 1 aromatic heterocycles. The topological polar surface area (TPSA) is 17.8 Å². The fraction of sp³-hybridized carbons (Fsp3) is 0. The lowest BCUT2D eigenvalue weighted by atomic mass is 10.3. The van der Waals surface area contributed by atoms with Gasteiger partial charge in [-0.05, 0) is 18.2 Å². The van der Waals surface area contributed by atoms with E-state index in [2.05, 4.69) is 11.2 Å². The maximum atomic E-state index is 4.50. The van der Waals surface area contributed by atoms with Gasteiger partial charge in [-0.3, -0.25) is 0 Å². The summed E-state index contributed by atoms with van der Waals surface area (Å²) >= 11 is 0. The third-order valence-electron chi connectivity index (χ3n) is 2.43. The largest absolute Gasteiger partial charge is 0.240 e. The Kier molecular flexibility index (Phi) is 1.78. The molecule has 0 atom stereocenters. The van der Waals surface area contributed by atoms with Gasteiger partial charge in [0.1, 0.15) is 0 Å². The monoisotopic (exact) mass is 194 g/mol. The Balaban J connectivity index is 2.21. The molecule has 0 radical (unpaired) electrons. The zero-order valence-electron chi connectivity index (χ0n) is 8.17. The highest BCUT2D eigenvalue weighted by molar-refractivity contribution is 5.78. The first-order valence-corrected chi connectivity index (χ1v) is 4.93. The van der Waals surface area contributed by atoms with Crippen LogP contribution in [-0.4, -0.2) is 9.78 Å². The molecule has 0 saturated carbocycles. The van der Waals surface area contributed by atoms with Gasteiger partial charge in [0.15, 0.2) is 0 Å². The summed E-state index contributed by atoms with van der Waals surface area (Å²) < 4.78 is 1.91. The van der Waals surface area contributed by atoms with E-state index < -0.39 is 0 Å². The minimum Gasteiger partial charge on any atom is -0.240 e. The van der Waals surface area contributed by atoms with Crippen LogP contribution < -0.4 is 0 Å². The first kappa shape index (κ1) is 8.24. The molecule has 0 aliphatic carbocycles. The quantitative estimate of drug-likeness (QED) is 0.582. The molecular formula is C13H10N2. The van der Waals surface area contributed by atoms with Crippen molar-refractivity contribution in [2.75, 3.05) is 0 Å². The van der Waals surface area contributed by atoms with Gasteiger partial charge >= 0.3 is 0 Å². The van der Waals surface area contributed by atoms with Crippen molar-refractivity contribution in [1.29, 1.82) is 0 Å². The van der Waals surface area contributed by atoms with Crippen molar-refractivity contribution in [2.24, 2.45) is 0 Å². The molecule has 72 valence electrons. The summed E-state index contributed by atoms with van der Waals surface area (Å²) in [5.74, 6) is 0. The average molecular weight is 194 g/mol. The van der Waals surface area contributed by atoms with Crippen LogP contribution >= 0.6 is 0 Å². The molecule has 0 bridgehead atoms. The average Bonchev–Trinajstić information content (AvgIpc) is 2.74. The number of nitrogens with zero attached hydrogens (tertiary/aromatic N) is 2. The van der Waals surface area contributed by atoms with Crippen LogP contribution in [0.1, 0.15) is 0 Å². The summed E-state index contributed by atoms with van der Waals surface area (Å²) in [5, 5.41) is 5.67. The van der Waals surface area contributed by atoms with Crippen molar-refractivity contribution in [3.05, 3.63) is 60.8 Å². The minimum atomic E-state index is 1.03. The number of hydrogen-bond donors (Lipinski definition) is 0. The van der Waals surface area contributed by atoms with Crippen LogP contribution in [0.3, 0.4) is 0 Å². The van der Waals surface area contributed by atoms with Crippen LogP contribution in [0.5, 0.6) is 0 Å². The van der Waals surface area contributed by atoms with E-state index in [4.69, 9.17) is 0 Å². The summed E-state index contributed by atoms with van der Waals surface area (Å²) in [6, 6.07) is 18.3. The molecule has 15 heavy (non-hydrogen) atoms. The predicted molar refractivity (Wildman–Crippen MR) is 61.1 cm³/mol. The predicted octanol–water partition coefficient (Wildman–Crippen LogP) is 3.03. The SMILES string of the molecule is c1ccc(-n2cc3ccccc3n2)cc1. The van der Waals surface area contributed by atoms with Crippen LogP contribution in [0.4, 0.5) is 0 Å². The minimum absolute atomic E-state index is 1.03. The lowest BCUT2D eigenvalue weighted by Gasteiger charge is -1.98. The smallest absolute Gasteiger partial charge is 0.0927 e. The number of hydrogen-bond acceptors (Lipinski definition) is 1. The van der Waals surface area contributed by atoms with E-state index in [0.717, 1.165) is 11.2 Å². The molecule has 2 nitrogen and oxygen atoms in total. The molecule has 0 unspecified atom stereocenters. The zero-order chi connectivity index (χ0) is 10.1. The normalized spacial score (nSPS) is 10.7. The van der Waals surface area contributed by atoms with Gasteiger partial charge in [-0.15, -0.1) is 0 Å². The van der Waals surface area contributed by atoms with E-state index in [0.29, 0.717) is 0 Å². The summed E-state index contributed by atoms with van der Waals surface area (Å²) in [6.07, 6.45) is 2.05. The summed E-state index contributed by atoms with van der Waals surface area (Å²) in [6.45, 7) is 0. The zero-order valence-corrected chi connectivity index (χ0v) is 8.17. The second-order valence-electron chi connectivity index (χ2n) is 3.47. The maximum Gasteiger partial charge on any atom is 0.0927 e. The highest BCUT2D eigenvalue weighted by atomic mass is 15.3. The molecular weight excluding hydrogens is 184 g/mol. The molecule has 3 aromatic rings. The number of para-hydroxylation sites is 1. The van der Waals surface area contributed by atoms with E-state index in [1.165, 1.54) is 5.39 Å². The summed E-state index contributed by atoms with van der Waals surface area (Å²) in [5.41, 5.74) is 2.12. The molecule has 0 amide bonds. The molecule has 1 heterocycles. The van der Waals surface area contributed by atoms with Crippen molar-refractivity contribution in [3.63, 3.8) is 0 Å². The van der Waals surface area contributed by atoms with Crippen LogP contribution in [0, 0.1) is 0 Å². The second kappa shape index (κ2) is 3.24.